The number of carbonyl (C=O) groups is 1. The third kappa shape index (κ3) is 5.79. The summed E-state index contributed by atoms with van der Waals surface area (Å²) in [5.74, 6) is -0.891. The summed E-state index contributed by atoms with van der Waals surface area (Å²) in [7, 11) is 0. The third-order valence-electron chi connectivity index (χ3n) is 1.55. The Labute approximate surface area is 87.8 Å². The molecule has 5 heteroatoms. The van der Waals surface area contributed by atoms with E-state index < -0.39 is 17.8 Å². The summed E-state index contributed by atoms with van der Waals surface area (Å²) in [6.45, 7) is 1.66. The minimum Gasteiger partial charge on any atom is -0.478 e. The highest BCUT2D eigenvalue weighted by atomic mass is 16.4. The fourth-order valence-corrected chi connectivity index (χ4v) is 0.774. The second-order valence-electron chi connectivity index (χ2n) is 2.91. The predicted molar refractivity (Wildman–Crippen MR) is 55.9 cm³/mol. The number of aliphatic carboxylic acids is 1. The molecule has 0 aromatic heterocycles. The summed E-state index contributed by atoms with van der Waals surface area (Å²) >= 11 is 0. The lowest BCUT2D eigenvalue weighted by atomic mass is 10.0. The van der Waals surface area contributed by atoms with Gasteiger partial charge >= 0.3 is 5.97 Å². The van der Waals surface area contributed by atoms with Gasteiger partial charge in [0.1, 0.15) is 6.10 Å². The number of rotatable bonds is 1. The van der Waals surface area contributed by atoms with E-state index in [1.54, 1.807) is 19.1 Å². The van der Waals surface area contributed by atoms with Gasteiger partial charge in [0, 0.05) is 6.08 Å². The zero-order valence-electron chi connectivity index (χ0n) is 8.37. The van der Waals surface area contributed by atoms with E-state index in [0.29, 0.717) is 0 Å². The van der Waals surface area contributed by atoms with Crippen LogP contribution < -0.4 is 5.73 Å². The van der Waals surface area contributed by atoms with Gasteiger partial charge in [-0.25, -0.2) is 4.79 Å². The van der Waals surface area contributed by atoms with E-state index in [4.69, 9.17) is 21.1 Å². The number of carboxylic acid groups (broad SMARTS) is 1. The summed E-state index contributed by atoms with van der Waals surface area (Å²) < 4.78 is 0. The van der Waals surface area contributed by atoms with E-state index in [-0.39, 0.29) is 0 Å². The molecule has 1 aliphatic carbocycles. The minimum atomic E-state index is -1.57. The molecule has 0 radical (unpaired) electrons. The molecule has 0 fully saturated rings. The van der Waals surface area contributed by atoms with Gasteiger partial charge in [-0.05, 0) is 13.0 Å². The number of aliphatic hydroxyl groups is 2. The van der Waals surface area contributed by atoms with Crippen LogP contribution in [0.1, 0.15) is 6.92 Å². The number of allylic oxidation sites excluding steroid dienone is 3. The second kappa shape index (κ2) is 6.13. The topological polar surface area (TPSA) is 104 Å². The Morgan fingerprint density at radius 2 is 2.13 bits per heavy atom. The number of hydrogen-bond acceptors (Lipinski definition) is 4. The summed E-state index contributed by atoms with van der Waals surface area (Å²) in [6.07, 6.45) is 7.57. The molecular weight excluding hydrogens is 198 g/mol. The molecule has 2 atom stereocenters. The van der Waals surface area contributed by atoms with Gasteiger partial charge in [-0.3, -0.25) is 5.73 Å². The molecule has 84 valence electrons. The van der Waals surface area contributed by atoms with Crippen LogP contribution in [0.25, 0.3) is 0 Å². The number of nitrogens with two attached hydrogens (primary N) is 1. The summed E-state index contributed by atoms with van der Waals surface area (Å²) in [4.78, 5) is 9.51. The molecule has 0 bridgehead atoms. The molecule has 0 aromatic rings. The lowest BCUT2D eigenvalue weighted by molar-refractivity contribution is -0.131. The Kier molecular flexibility index (Phi) is 5.54. The highest BCUT2D eigenvalue weighted by Gasteiger charge is 2.26. The highest BCUT2D eigenvalue weighted by molar-refractivity contribution is 5.79. The largest absolute Gasteiger partial charge is 0.478 e. The molecule has 5 N–H and O–H groups in total. The van der Waals surface area contributed by atoms with Gasteiger partial charge in [0.25, 0.3) is 0 Å². The van der Waals surface area contributed by atoms with E-state index in [2.05, 4.69) is 0 Å². The molecule has 0 saturated carbocycles. The quantitative estimate of drug-likeness (QED) is 0.356. The SMILES string of the molecule is CC=CC(=O)O.NC1(O)C=CC=CC1O. The van der Waals surface area contributed by atoms with Gasteiger partial charge in [-0.2, -0.15) is 0 Å². The van der Waals surface area contributed by atoms with Crippen molar-refractivity contribution < 1.29 is 20.1 Å². The first-order chi connectivity index (χ1) is 6.90. The van der Waals surface area contributed by atoms with E-state index in [1.807, 2.05) is 0 Å². The number of carboxylic acids is 1. The first-order valence-electron chi connectivity index (χ1n) is 4.31. The van der Waals surface area contributed by atoms with Gasteiger partial charge in [0.2, 0.25) is 0 Å². The Hall–Kier alpha value is -1.43. The molecule has 0 aromatic carbocycles. The maximum absolute atomic E-state index is 9.51. The Morgan fingerprint density at radius 3 is 2.33 bits per heavy atom. The normalized spacial score (nSPS) is 28.7. The zero-order chi connectivity index (χ0) is 11.9. The maximum Gasteiger partial charge on any atom is 0.327 e. The van der Waals surface area contributed by atoms with Crippen LogP contribution in [-0.2, 0) is 4.79 Å². The molecule has 1 rings (SSSR count). The van der Waals surface area contributed by atoms with Crippen LogP contribution >= 0.6 is 0 Å². The zero-order valence-corrected chi connectivity index (χ0v) is 8.37. The standard InChI is InChI=1S/C6H9NO2.C4H6O2/c7-6(9)4-2-1-3-5(6)8;1-2-3-4(5)6/h1-5,8-9H,7H2;2-3H,1H3,(H,5,6). The van der Waals surface area contributed by atoms with Crippen molar-refractivity contribution in [1.82, 2.24) is 0 Å². The summed E-state index contributed by atoms with van der Waals surface area (Å²) in [5.41, 5.74) is 3.61. The van der Waals surface area contributed by atoms with Crippen molar-refractivity contribution in [2.24, 2.45) is 5.73 Å². The van der Waals surface area contributed by atoms with E-state index in [9.17, 15) is 4.79 Å². The summed E-state index contributed by atoms with van der Waals surface area (Å²) in [6, 6.07) is 0. The van der Waals surface area contributed by atoms with Crippen LogP contribution in [0.15, 0.2) is 36.5 Å². The Bertz CT molecular complexity index is 292. The number of aliphatic hydroxyl groups excluding tert-OH is 1. The lowest BCUT2D eigenvalue weighted by Crippen LogP contribution is -2.48. The van der Waals surface area contributed by atoms with Crippen molar-refractivity contribution in [1.29, 1.82) is 0 Å². The monoisotopic (exact) mass is 213 g/mol. The first kappa shape index (κ1) is 13.6. The van der Waals surface area contributed by atoms with Crippen molar-refractivity contribution in [3.8, 4) is 0 Å². The smallest absolute Gasteiger partial charge is 0.327 e. The van der Waals surface area contributed by atoms with Gasteiger partial charge in [-0.15, -0.1) is 0 Å². The molecule has 0 aliphatic heterocycles. The molecule has 0 heterocycles. The van der Waals surface area contributed by atoms with Crippen LogP contribution in [0, 0.1) is 0 Å². The molecule has 15 heavy (non-hydrogen) atoms. The highest BCUT2D eigenvalue weighted by Crippen LogP contribution is 2.10. The van der Waals surface area contributed by atoms with E-state index >= 15 is 0 Å². The third-order valence-corrected chi connectivity index (χ3v) is 1.55. The maximum atomic E-state index is 9.51. The van der Waals surface area contributed by atoms with Gasteiger partial charge in [0.05, 0.1) is 0 Å². The van der Waals surface area contributed by atoms with Gasteiger partial charge < -0.3 is 15.3 Å². The molecule has 0 spiro atoms. The Balaban J connectivity index is 0.000000288. The van der Waals surface area contributed by atoms with Crippen LogP contribution in [0.4, 0.5) is 0 Å². The first-order valence-corrected chi connectivity index (χ1v) is 4.31. The molecular formula is C10H15NO4. The summed E-state index contributed by atoms with van der Waals surface area (Å²) in [5, 5.41) is 25.8. The van der Waals surface area contributed by atoms with Crippen LogP contribution in [0.2, 0.25) is 0 Å². The van der Waals surface area contributed by atoms with Gasteiger partial charge in [0.15, 0.2) is 5.72 Å². The van der Waals surface area contributed by atoms with Crippen molar-refractivity contribution in [3.63, 3.8) is 0 Å². The van der Waals surface area contributed by atoms with Crippen LogP contribution in [0.3, 0.4) is 0 Å². The molecule has 1 aliphatic rings. The fourth-order valence-electron chi connectivity index (χ4n) is 0.774. The van der Waals surface area contributed by atoms with Crippen molar-refractivity contribution in [2.75, 3.05) is 0 Å². The van der Waals surface area contributed by atoms with Crippen LogP contribution in [-0.4, -0.2) is 33.1 Å². The molecule has 0 saturated heterocycles. The van der Waals surface area contributed by atoms with Crippen LogP contribution in [0.5, 0.6) is 0 Å². The Morgan fingerprint density at radius 1 is 1.53 bits per heavy atom. The molecule has 2 unspecified atom stereocenters. The average Bonchev–Trinajstić information content (AvgIpc) is 2.11. The van der Waals surface area contributed by atoms with E-state index in [1.165, 1.54) is 18.2 Å². The second-order valence-corrected chi connectivity index (χ2v) is 2.91. The molecule has 5 nitrogen and oxygen atoms in total. The van der Waals surface area contributed by atoms with Crippen molar-refractivity contribution in [3.05, 3.63) is 36.5 Å². The molecule has 0 amide bonds. The minimum absolute atomic E-state index is 0.891. The fraction of sp³-hybridized carbons (Fsp3) is 0.300. The van der Waals surface area contributed by atoms with Gasteiger partial charge in [-0.1, -0.05) is 24.3 Å². The number of hydrogen-bond donors (Lipinski definition) is 4. The van der Waals surface area contributed by atoms with Crippen molar-refractivity contribution >= 4 is 5.97 Å². The predicted octanol–water partition coefficient (Wildman–Crippen LogP) is -0.232. The van der Waals surface area contributed by atoms with E-state index in [0.717, 1.165) is 6.08 Å². The average molecular weight is 213 g/mol. The lowest BCUT2D eigenvalue weighted by Gasteiger charge is -2.24. The van der Waals surface area contributed by atoms with Crippen molar-refractivity contribution in [2.45, 2.75) is 18.8 Å².